The topological polar surface area (TPSA) is 29.0 Å². The van der Waals surface area contributed by atoms with Crippen LogP contribution in [0.4, 0.5) is 5.82 Å². The van der Waals surface area contributed by atoms with E-state index in [0.717, 1.165) is 24.5 Å². The van der Waals surface area contributed by atoms with Gasteiger partial charge in [0, 0.05) is 18.7 Å². The van der Waals surface area contributed by atoms with Gasteiger partial charge in [0.25, 0.3) is 0 Å². The van der Waals surface area contributed by atoms with Gasteiger partial charge in [0.15, 0.2) is 0 Å². The van der Waals surface area contributed by atoms with Gasteiger partial charge in [-0.15, -0.1) is 0 Å². The summed E-state index contributed by atoms with van der Waals surface area (Å²) in [6.45, 7) is 6.03. The summed E-state index contributed by atoms with van der Waals surface area (Å²) in [5.74, 6) is 1.28. The molecule has 0 bridgehead atoms. The minimum atomic E-state index is 0.312. The van der Waals surface area contributed by atoms with Gasteiger partial charge in [-0.2, -0.15) is 0 Å². The van der Waals surface area contributed by atoms with Crippen molar-refractivity contribution in [3.05, 3.63) is 52.4 Å². The number of anilines is 1. The first-order valence-corrected chi connectivity index (χ1v) is 6.86. The molecular formula is C15H16ClN3. The van der Waals surface area contributed by atoms with Crippen LogP contribution in [0.1, 0.15) is 36.5 Å². The lowest BCUT2D eigenvalue weighted by Crippen LogP contribution is -2.19. The largest absolute Gasteiger partial charge is 0.348 e. The van der Waals surface area contributed by atoms with E-state index in [2.05, 4.69) is 53.0 Å². The molecule has 0 saturated heterocycles. The quantitative estimate of drug-likeness (QED) is 0.780. The molecule has 19 heavy (non-hydrogen) atoms. The Bertz CT molecular complexity index is 585. The van der Waals surface area contributed by atoms with Crippen LogP contribution in [0.5, 0.6) is 0 Å². The minimum Gasteiger partial charge on any atom is -0.348 e. The molecule has 1 aliphatic rings. The van der Waals surface area contributed by atoms with Crippen LogP contribution in [-0.2, 0) is 13.1 Å². The van der Waals surface area contributed by atoms with E-state index in [1.807, 2.05) is 0 Å². The van der Waals surface area contributed by atoms with Gasteiger partial charge in [-0.3, -0.25) is 0 Å². The molecule has 1 aliphatic heterocycles. The standard InChI is InChI=1S/C15H16ClN3/c1-10(2)13-14(16)17-9-18-15(13)19-7-11-5-3-4-6-12(11)8-19/h3-6,9-10H,7-8H2,1-2H3. The van der Waals surface area contributed by atoms with Crippen molar-refractivity contribution in [3.8, 4) is 0 Å². The van der Waals surface area contributed by atoms with E-state index in [4.69, 9.17) is 11.6 Å². The highest BCUT2D eigenvalue weighted by Gasteiger charge is 2.24. The molecule has 0 fully saturated rings. The lowest BCUT2D eigenvalue weighted by atomic mass is 10.1. The predicted molar refractivity (Wildman–Crippen MR) is 77.5 cm³/mol. The second-order valence-electron chi connectivity index (χ2n) is 5.18. The van der Waals surface area contributed by atoms with Gasteiger partial charge in [0.05, 0.1) is 0 Å². The zero-order chi connectivity index (χ0) is 13.4. The molecule has 1 aromatic heterocycles. The van der Waals surface area contributed by atoms with Gasteiger partial charge in [-0.05, 0) is 17.0 Å². The molecule has 0 unspecified atom stereocenters. The van der Waals surface area contributed by atoms with Gasteiger partial charge < -0.3 is 4.90 Å². The summed E-state index contributed by atoms with van der Waals surface area (Å²) < 4.78 is 0. The Morgan fingerprint density at radius 3 is 2.32 bits per heavy atom. The number of hydrogen-bond acceptors (Lipinski definition) is 3. The number of rotatable bonds is 2. The molecule has 0 N–H and O–H groups in total. The summed E-state index contributed by atoms with van der Waals surface area (Å²) in [6.07, 6.45) is 1.55. The molecule has 1 aromatic carbocycles. The molecule has 3 nitrogen and oxygen atoms in total. The van der Waals surface area contributed by atoms with Crippen molar-refractivity contribution in [3.63, 3.8) is 0 Å². The maximum absolute atomic E-state index is 6.24. The summed E-state index contributed by atoms with van der Waals surface area (Å²) in [5.41, 5.74) is 3.77. The maximum atomic E-state index is 6.24. The molecule has 0 radical (unpaired) electrons. The highest BCUT2D eigenvalue weighted by molar-refractivity contribution is 6.30. The monoisotopic (exact) mass is 273 g/mol. The van der Waals surface area contributed by atoms with E-state index in [1.54, 1.807) is 6.33 Å². The zero-order valence-electron chi connectivity index (χ0n) is 11.1. The van der Waals surface area contributed by atoms with E-state index in [9.17, 15) is 0 Å². The first-order chi connectivity index (χ1) is 9.16. The molecule has 0 saturated carbocycles. The molecule has 98 valence electrons. The van der Waals surface area contributed by atoms with Crippen molar-refractivity contribution in [1.29, 1.82) is 0 Å². The smallest absolute Gasteiger partial charge is 0.138 e. The fraction of sp³-hybridized carbons (Fsp3) is 0.333. The van der Waals surface area contributed by atoms with Crippen molar-refractivity contribution in [2.45, 2.75) is 32.9 Å². The highest BCUT2D eigenvalue weighted by Crippen LogP contribution is 2.34. The first kappa shape index (κ1) is 12.4. The van der Waals surface area contributed by atoms with Crippen molar-refractivity contribution < 1.29 is 0 Å². The third-order valence-corrected chi connectivity index (χ3v) is 3.83. The Kier molecular flexibility index (Phi) is 3.15. The first-order valence-electron chi connectivity index (χ1n) is 6.49. The van der Waals surface area contributed by atoms with Crippen LogP contribution >= 0.6 is 11.6 Å². The number of benzene rings is 1. The van der Waals surface area contributed by atoms with Gasteiger partial charge >= 0.3 is 0 Å². The fourth-order valence-corrected chi connectivity index (χ4v) is 2.94. The van der Waals surface area contributed by atoms with E-state index in [-0.39, 0.29) is 0 Å². The Morgan fingerprint density at radius 1 is 1.11 bits per heavy atom. The second-order valence-corrected chi connectivity index (χ2v) is 5.54. The summed E-state index contributed by atoms with van der Waals surface area (Å²) in [6, 6.07) is 8.51. The number of halogens is 1. The third kappa shape index (κ3) is 2.19. The van der Waals surface area contributed by atoms with Gasteiger partial charge in [-0.1, -0.05) is 49.7 Å². The Balaban J connectivity index is 2.00. The molecule has 3 rings (SSSR count). The number of hydrogen-bond donors (Lipinski definition) is 0. The second kappa shape index (κ2) is 4.82. The van der Waals surface area contributed by atoms with Gasteiger partial charge in [0.2, 0.25) is 0 Å². The summed E-state index contributed by atoms with van der Waals surface area (Å²) in [5, 5.41) is 0.566. The van der Waals surface area contributed by atoms with E-state index < -0.39 is 0 Å². The van der Waals surface area contributed by atoms with Crippen LogP contribution in [0.3, 0.4) is 0 Å². The average Bonchev–Trinajstić information content (AvgIpc) is 2.81. The minimum absolute atomic E-state index is 0.312. The maximum Gasteiger partial charge on any atom is 0.138 e. The molecule has 2 heterocycles. The summed E-state index contributed by atoms with van der Waals surface area (Å²) in [7, 11) is 0. The molecule has 4 heteroatoms. The van der Waals surface area contributed by atoms with Crippen LogP contribution < -0.4 is 4.90 Å². The van der Waals surface area contributed by atoms with Crippen molar-refractivity contribution >= 4 is 17.4 Å². The fourth-order valence-electron chi connectivity index (χ4n) is 2.60. The zero-order valence-corrected chi connectivity index (χ0v) is 11.9. The lowest BCUT2D eigenvalue weighted by Gasteiger charge is -2.22. The SMILES string of the molecule is CC(C)c1c(Cl)ncnc1N1Cc2ccccc2C1. The average molecular weight is 274 g/mol. The molecule has 0 amide bonds. The van der Waals surface area contributed by atoms with Crippen molar-refractivity contribution in [2.24, 2.45) is 0 Å². The molecule has 2 aromatic rings. The number of nitrogens with zero attached hydrogens (tertiary/aromatic N) is 3. The van der Waals surface area contributed by atoms with E-state index >= 15 is 0 Å². The summed E-state index contributed by atoms with van der Waals surface area (Å²) in [4.78, 5) is 10.8. The van der Waals surface area contributed by atoms with Crippen LogP contribution in [-0.4, -0.2) is 9.97 Å². The number of fused-ring (bicyclic) bond motifs is 1. The van der Waals surface area contributed by atoms with Gasteiger partial charge in [0.1, 0.15) is 17.3 Å². The number of aromatic nitrogens is 2. The molecule has 0 aliphatic carbocycles. The Morgan fingerprint density at radius 2 is 1.74 bits per heavy atom. The highest BCUT2D eigenvalue weighted by atomic mass is 35.5. The van der Waals surface area contributed by atoms with Crippen LogP contribution in [0.25, 0.3) is 0 Å². The van der Waals surface area contributed by atoms with E-state index in [1.165, 1.54) is 11.1 Å². The van der Waals surface area contributed by atoms with Gasteiger partial charge in [-0.25, -0.2) is 9.97 Å². The van der Waals surface area contributed by atoms with Crippen LogP contribution in [0.15, 0.2) is 30.6 Å². The predicted octanol–water partition coefficient (Wildman–Crippen LogP) is 3.77. The van der Waals surface area contributed by atoms with Crippen LogP contribution in [0.2, 0.25) is 5.15 Å². The van der Waals surface area contributed by atoms with E-state index in [0.29, 0.717) is 11.1 Å². The Labute approximate surface area is 118 Å². The lowest BCUT2D eigenvalue weighted by molar-refractivity contribution is 0.790. The van der Waals surface area contributed by atoms with Crippen molar-refractivity contribution in [1.82, 2.24) is 9.97 Å². The molecule has 0 atom stereocenters. The van der Waals surface area contributed by atoms with Crippen molar-refractivity contribution in [2.75, 3.05) is 4.90 Å². The van der Waals surface area contributed by atoms with Crippen LogP contribution in [0, 0.1) is 0 Å². The normalized spacial score (nSPS) is 14.0. The molecular weight excluding hydrogens is 258 g/mol. The Hall–Kier alpha value is -1.61. The molecule has 0 spiro atoms. The third-order valence-electron chi connectivity index (χ3n) is 3.53. The summed E-state index contributed by atoms with van der Waals surface area (Å²) >= 11 is 6.24.